The number of hydrogen-bond donors (Lipinski definition) is 5. The van der Waals surface area contributed by atoms with Gasteiger partial charge in [-0.05, 0) is 51.4 Å². The number of aliphatic carboxylic acids is 3. The zero-order valence-electron chi connectivity index (χ0n) is 38.6. The molecule has 0 aromatic rings. The van der Waals surface area contributed by atoms with Crippen molar-refractivity contribution in [1.29, 1.82) is 0 Å². The number of esters is 1. The minimum absolute atomic E-state index is 0.0711. The van der Waals surface area contributed by atoms with Gasteiger partial charge in [0.25, 0.3) is 0 Å². The van der Waals surface area contributed by atoms with Crippen molar-refractivity contribution in [1.82, 2.24) is 10.6 Å². The number of nitrogens with one attached hydrogen (secondary N) is 2. The molecule has 3 atom stereocenters. The van der Waals surface area contributed by atoms with E-state index in [0.717, 1.165) is 38.5 Å². The lowest BCUT2D eigenvalue weighted by Crippen LogP contribution is -2.42. The number of ether oxygens (including phenoxy) is 3. The third-order valence-electron chi connectivity index (χ3n) is 11.2. The van der Waals surface area contributed by atoms with E-state index in [1.54, 1.807) is 0 Å². The first-order valence-corrected chi connectivity index (χ1v) is 23.8. The van der Waals surface area contributed by atoms with Crippen molar-refractivity contribution in [2.75, 3.05) is 40.1 Å². The molecule has 0 aliphatic rings. The van der Waals surface area contributed by atoms with E-state index in [-0.39, 0.29) is 75.3 Å². The molecule has 0 saturated carbocycles. The Kier molecular flexibility index (Phi) is 38.3. The Morgan fingerprint density at radius 3 is 1.56 bits per heavy atom. The van der Waals surface area contributed by atoms with E-state index in [1.165, 1.54) is 71.3 Å². The number of carbonyl (C=O) groups excluding carboxylic acids is 5. The molecule has 0 rings (SSSR count). The largest absolute Gasteiger partial charge is 0.481 e. The molecule has 0 heterocycles. The normalized spacial score (nSPS) is 12.5. The lowest BCUT2D eigenvalue weighted by molar-refractivity contribution is -0.146. The predicted molar refractivity (Wildman–Crippen MR) is 238 cm³/mol. The van der Waals surface area contributed by atoms with Crippen molar-refractivity contribution in [2.24, 2.45) is 11.8 Å². The maximum Gasteiger partial charge on any atom is 0.326 e. The molecule has 63 heavy (non-hydrogen) atoms. The Bertz CT molecular complexity index is 1290. The first kappa shape index (κ1) is 59.1. The van der Waals surface area contributed by atoms with Crippen molar-refractivity contribution in [3.05, 3.63) is 0 Å². The van der Waals surface area contributed by atoms with E-state index in [0.29, 0.717) is 58.1 Å². The highest BCUT2D eigenvalue weighted by atomic mass is 16.5. The van der Waals surface area contributed by atoms with Gasteiger partial charge in [0.05, 0.1) is 32.2 Å². The third-order valence-corrected chi connectivity index (χ3v) is 11.2. The van der Waals surface area contributed by atoms with Gasteiger partial charge in [0.15, 0.2) is 0 Å². The molecule has 16 heteroatoms. The molecule has 0 radical (unpaired) electrons. The predicted octanol–water partition coefficient (Wildman–Crippen LogP) is 7.75. The second-order valence-corrected chi connectivity index (χ2v) is 16.6. The van der Waals surface area contributed by atoms with Gasteiger partial charge in [-0.15, -0.1) is 0 Å². The number of unbranched alkanes of at least 4 members (excludes halogenated alkanes) is 16. The molecule has 364 valence electrons. The summed E-state index contributed by atoms with van der Waals surface area (Å²) in [7, 11) is 1.35. The summed E-state index contributed by atoms with van der Waals surface area (Å²) >= 11 is 0. The molecule has 16 nitrogen and oxygen atoms in total. The van der Waals surface area contributed by atoms with E-state index >= 15 is 0 Å². The number of rotatable bonds is 46. The van der Waals surface area contributed by atoms with Crippen molar-refractivity contribution >= 4 is 47.3 Å². The summed E-state index contributed by atoms with van der Waals surface area (Å²) < 4.78 is 15.5. The molecule has 0 saturated heterocycles. The van der Waals surface area contributed by atoms with Gasteiger partial charge in [-0.3, -0.25) is 33.6 Å². The quantitative estimate of drug-likeness (QED) is 0.0290. The molecule has 0 fully saturated rings. The van der Waals surface area contributed by atoms with Gasteiger partial charge < -0.3 is 40.2 Å². The summed E-state index contributed by atoms with van der Waals surface area (Å²) in [6.07, 6.45) is 22.2. The highest BCUT2D eigenvalue weighted by Crippen LogP contribution is 2.17. The van der Waals surface area contributed by atoms with Crippen LogP contribution < -0.4 is 10.6 Å². The fourth-order valence-corrected chi connectivity index (χ4v) is 7.24. The number of Topliss-reactive ketones (excluding diaryl/α,β-unsaturated/α-hetero) is 2. The molecule has 0 spiro atoms. The number of ketones is 2. The van der Waals surface area contributed by atoms with Crippen molar-refractivity contribution in [3.8, 4) is 0 Å². The van der Waals surface area contributed by atoms with Crippen LogP contribution in [0.5, 0.6) is 0 Å². The second kappa shape index (κ2) is 40.8. The van der Waals surface area contributed by atoms with Crippen molar-refractivity contribution in [3.63, 3.8) is 0 Å². The Morgan fingerprint density at radius 1 is 0.492 bits per heavy atom. The number of carbonyl (C=O) groups is 8. The Morgan fingerprint density at radius 2 is 1.03 bits per heavy atom. The van der Waals surface area contributed by atoms with Crippen LogP contribution in [0, 0.1) is 11.8 Å². The van der Waals surface area contributed by atoms with E-state index < -0.39 is 48.2 Å². The topological polar surface area (TPSA) is 249 Å². The molecule has 0 aromatic carbocycles. The fourth-order valence-electron chi connectivity index (χ4n) is 7.24. The average Bonchev–Trinajstić information content (AvgIpc) is 3.24. The Hall–Kier alpha value is -3.92. The molecular weight excluding hydrogens is 817 g/mol. The number of amides is 2. The maximum atomic E-state index is 12.6. The molecule has 0 bridgehead atoms. The monoisotopic (exact) mass is 899 g/mol. The number of methoxy groups -OCH3 is 1. The minimum atomic E-state index is -1.38. The third kappa shape index (κ3) is 37.2. The number of carboxylic acid groups (broad SMARTS) is 3. The first-order chi connectivity index (χ1) is 30.3. The summed E-state index contributed by atoms with van der Waals surface area (Å²) in [6.45, 7) is 2.51. The van der Waals surface area contributed by atoms with Gasteiger partial charge in [-0.2, -0.15) is 0 Å². The molecule has 0 aliphatic heterocycles. The van der Waals surface area contributed by atoms with Gasteiger partial charge in [0, 0.05) is 51.7 Å². The standard InChI is InChI=1S/C47H82N2O14/c1-3-37(47(60)61-2)23-20-21-31-48-42(52)30-27-38(45(56)57)35-40(51)28-29-41(46(58)59)49-43(53)36-63-34-33-62-32-22-25-39(50)24-18-16-14-12-10-8-6-4-5-7-9-11-13-15-17-19-26-44(54)55/h37-38,41H,3-36H2,1-2H3,(H,48,52)(H,49,53)(H,54,55)(H,56,57)(H,58,59)/t37-,38+,41-/m0/s1. The van der Waals surface area contributed by atoms with E-state index in [2.05, 4.69) is 10.6 Å². The van der Waals surface area contributed by atoms with Crippen LogP contribution in [0.1, 0.15) is 193 Å². The maximum absolute atomic E-state index is 12.6. The summed E-state index contributed by atoms with van der Waals surface area (Å²) in [5.74, 6) is -6.18. The number of hydrogen-bond acceptors (Lipinski definition) is 11. The Balaban J connectivity index is 3.92. The van der Waals surface area contributed by atoms with Crippen LogP contribution in [0.2, 0.25) is 0 Å². The lowest BCUT2D eigenvalue weighted by Gasteiger charge is -2.15. The zero-order valence-corrected chi connectivity index (χ0v) is 38.6. The van der Waals surface area contributed by atoms with Crippen LogP contribution in [0.15, 0.2) is 0 Å². The van der Waals surface area contributed by atoms with Crippen LogP contribution >= 0.6 is 0 Å². The minimum Gasteiger partial charge on any atom is -0.481 e. The van der Waals surface area contributed by atoms with Gasteiger partial charge in [0.2, 0.25) is 11.8 Å². The van der Waals surface area contributed by atoms with Crippen LogP contribution in [0.4, 0.5) is 0 Å². The first-order valence-electron chi connectivity index (χ1n) is 23.8. The second-order valence-electron chi connectivity index (χ2n) is 16.6. The summed E-state index contributed by atoms with van der Waals surface area (Å²) in [5, 5.41) is 32.8. The van der Waals surface area contributed by atoms with Crippen molar-refractivity contribution in [2.45, 2.75) is 199 Å². The highest BCUT2D eigenvalue weighted by Gasteiger charge is 2.25. The number of carboxylic acids is 3. The molecule has 0 aromatic heterocycles. The van der Waals surface area contributed by atoms with E-state index in [9.17, 15) is 48.6 Å². The zero-order chi connectivity index (χ0) is 46.9. The fraction of sp³-hybridized carbons (Fsp3) is 0.830. The van der Waals surface area contributed by atoms with E-state index in [4.69, 9.17) is 19.3 Å². The summed E-state index contributed by atoms with van der Waals surface area (Å²) in [4.78, 5) is 95.0. The van der Waals surface area contributed by atoms with Crippen LogP contribution in [-0.2, 0) is 52.6 Å². The van der Waals surface area contributed by atoms with Crippen LogP contribution in [0.3, 0.4) is 0 Å². The smallest absolute Gasteiger partial charge is 0.326 e. The summed E-state index contributed by atoms with van der Waals surface area (Å²) in [6, 6.07) is -1.38. The van der Waals surface area contributed by atoms with Gasteiger partial charge in [0.1, 0.15) is 24.2 Å². The molecule has 0 aliphatic carbocycles. The molecule has 2 amide bonds. The SMILES string of the molecule is CC[C@@H](CCCCNC(=O)CC[C@H](CC(=O)CC[C@H](NC(=O)COCCOCCCC(=O)CCCCCCCCCCCCCCCCCCC(=O)O)C(=O)O)C(=O)O)C(=O)OC. The van der Waals surface area contributed by atoms with Crippen molar-refractivity contribution < 1.29 is 67.9 Å². The van der Waals surface area contributed by atoms with Crippen LogP contribution in [0.25, 0.3) is 0 Å². The van der Waals surface area contributed by atoms with Gasteiger partial charge >= 0.3 is 23.9 Å². The highest BCUT2D eigenvalue weighted by molar-refractivity contribution is 5.87. The van der Waals surface area contributed by atoms with Gasteiger partial charge in [-0.1, -0.05) is 103 Å². The average molecular weight is 899 g/mol. The van der Waals surface area contributed by atoms with Crippen LogP contribution in [-0.4, -0.2) is 109 Å². The molecular formula is C47H82N2O14. The van der Waals surface area contributed by atoms with Gasteiger partial charge in [-0.25, -0.2) is 4.79 Å². The molecule has 5 N–H and O–H groups in total. The molecule has 0 unspecified atom stereocenters. The summed E-state index contributed by atoms with van der Waals surface area (Å²) in [5.41, 5.74) is 0. The Labute approximate surface area is 376 Å². The van der Waals surface area contributed by atoms with E-state index in [1.807, 2.05) is 6.92 Å². The lowest BCUT2D eigenvalue weighted by atomic mass is 9.94.